The van der Waals surface area contributed by atoms with E-state index in [-0.39, 0.29) is 24.8 Å². The van der Waals surface area contributed by atoms with Gasteiger partial charge in [-0.1, -0.05) is 6.07 Å². The number of rotatable bonds is 5. The Kier molecular flexibility index (Phi) is 7.59. The molecule has 0 unspecified atom stereocenters. The minimum atomic E-state index is 0. The van der Waals surface area contributed by atoms with Crippen molar-refractivity contribution in [3.63, 3.8) is 0 Å². The summed E-state index contributed by atoms with van der Waals surface area (Å²) < 4.78 is 0. The topological polar surface area (TPSA) is 22.6 Å². The van der Waals surface area contributed by atoms with E-state index < -0.39 is 0 Å². The zero-order valence-corrected chi connectivity index (χ0v) is 16.2. The van der Waals surface area contributed by atoms with Crippen LogP contribution in [0.25, 0.3) is 0 Å². The lowest BCUT2D eigenvalue weighted by molar-refractivity contribution is 0.233. The van der Waals surface area contributed by atoms with Gasteiger partial charge >= 0.3 is 0 Å². The van der Waals surface area contributed by atoms with Crippen molar-refractivity contribution in [2.24, 2.45) is 11.8 Å². The molecule has 1 saturated heterocycles. The van der Waals surface area contributed by atoms with Gasteiger partial charge in [0.1, 0.15) is 5.82 Å². The quantitative estimate of drug-likeness (QED) is 0.804. The lowest BCUT2D eigenvalue weighted by Crippen LogP contribution is -2.36. The van der Waals surface area contributed by atoms with Crippen molar-refractivity contribution in [3.05, 3.63) is 23.9 Å². The van der Waals surface area contributed by atoms with Crippen LogP contribution in [0.4, 0.5) is 5.82 Å². The van der Waals surface area contributed by atoms with E-state index in [1.165, 1.54) is 31.5 Å². The Bertz CT molecular complexity index is 464. The van der Waals surface area contributed by atoms with Crippen LogP contribution in [0.15, 0.2) is 18.3 Å². The highest BCUT2D eigenvalue weighted by molar-refractivity contribution is 5.85. The van der Waals surface area contributed by atoms with Gasteiger partial charge < -0.3 is 9.80 Å². The third-order valence-electron chi connectivity index (χ3n) is 4.97. The van der Waals surface area contributed by atoms with E-state index in [1.54, 1.807) is 0 Å². The first-order chi connectivity index (χ1) is 10.0. The van der Waals surface area contributed by atoms with E-state index in [0.29, 0.717) is 0 Å². The van der Waals surface area contributed by atoms with Gasteiger partial charge in [-0.05, 0) is 50.4 Å². The third kappa shape index (κ3) is 4.96. The van der Waals surface area contributed by atoms with Gasteiger partial charge in [0.25, 0.3) is 0 Å². The smallest absolute Gasteiger partial charge is 0.127 e. The normalized spacial score (nSPS) is 24.2. The summed E-state index contributed by atoms with van der Waals surface area (Å²) in [6.07, 6.45) is 4.92. The van der Waals surface area contributed by atoms with E-state index >= 15 is 0 Å². The van der Waals surface area contributed by atoms with Crippen LogP contribution in [-0.2, 0) is 6.54 Å². The molecule has 0 amide bonds. The Morgan fingerprint density at radius 2 is 1.78 bits per heavy atom. The lowest BCUT2D eigenvalue weighted by atomic mass is 9.97. The van der Waals surface area contributed by atoms with Gasteiger partial charge in [0.2, 0.25) is 0 Å². The van der Waals surface area contributed by atoms with Crippen molar-refractivity contribution in [1.29, 1.82) is 0 Å². The lowest BCUT2D eigenvalue weighted by Gasteiger charge is -2.25. The van der Waals surface area contributed by atoms with Gasteiger partial charge in [-0.15, -0.1) is 24.8 Å². The molecular weight excluding hydrogens is 331 g/mol. The summed E-state index contributed by atoms with van der Waals surface area (Å²) in [4.78, 5) is 11.6. The predicted octanol–water partition coefficient (Wildman–Crippen LogP) is 2.76. The Morgan fingerprint density at radius 3 is 2.26 bits per heavy atom. The Morgan fingerprint density at radius 1 is 1.09 bits per heavy atom. The molecule has 1 saturated carbocycles. The van der Waals surface area contributed by atoms with Crippen LogP contribution in [-0.4, -0.2) is 62.1 Å². The molecule has 0 radical (unpaired) electrons. The molecular formula is C17H30Cl2N4. The second kappa shape index (κ2) is 8.52. The van der Waals surface area contributed by atoms with E-state index in [4.69, 9.17) is 0 Å². The van der Waals surface area contributed by atoms with Crippen LogP contribution in [0.5, 0.6) is 0 Å². The van der Waals surface area contributed by atoms with Crippen molar-refractivity contribution >= 4 is 30.6 Å². The molecule has 1 aromatic rings. The first-order valence-corrected chi connectivity index (χ1v) is 8.05. The van der Waals surface area contributed by atoms with Crippen LogP contribution >= 0.6 is 24.8 Å². The number of anilines is 1. The maximum atomic E-state index is 4.53. The number of halogens is 2. The standard InChI is InChI=1S/C17H28N4.2ClH/c1-19(2)16-12-21(11-15(16)14-6-7-14)10-13-5-8-17(18-9-13)20(3)4;;/h5,8-9,14-16H,6-7,10-12H2,1-4H3;2*1H/t15-,16+;;/m1../s1. The number of hydrogen-bond donors (Lipinski definition) is 0. The molecule has 3 rings (SSSR count). The molecule has 0 aromatic carbocycles. The van der Waals surface area contributed by atoms with Gasteiger partial charge in [0.05, 0.1) is 0 Å². The molecule has 2 fully saturated rings. The van der Waals surface area contributed by atoms with Crippen molar-refractivity contribution < 1.29 is 0 Å². The van der Waals surface area contributed by atoms with Crippen LogP contribution in [0.2, 0.25) is 0 Å². The molecule has 0 N–H and O–H groups in total. The van der Waals surface area contributed by atoms with Crippen molar-refractivity contribution in [1.82, 2.24) is 14.8 Å². The monoisotopic (exact) mass is 360 g/mol. The molecule has 1 aliphatic carbocycles. The number of pyridine rings is 1. The predicted molar refractivity (Wildman–Crippen MR) is 102 cm³/mol. The summed E-state index contributed by atoms with van der Waals surface area (Å²) in [5, 5.41) is 0. The molecule has 2 aliphatic rings. The van der Waals surface area contributed by atoms with Gasteiger partial charge in [0, 0.05) is 46.0 Å². The summed E-state index contributed by atoms with van der Waals surface area (Å²) >= 11 is 0. The van der Waals surface area contributed by atoms with Crippen LogP contribution in [0.3, 0.4) is 0 Å². The molecule has 1 aromatic heterocycles. The van der Waals surface area contributed by atoms with E-state index in [0.717, 1.165) is 30.2 Å². The van der Waals surface area contributed by atoms with Gasteiger partial charge in [-0.2, -0.15) is 0 Å². The van der Waals surface area contributed by atoms with Crippen LogP contribution in [0, 0.1) is 11.8 Å². The van der Waals surface area contributed by atoms with Crippen molar-refractivity contribution in [2.75, 3.05) is 46.2 Å². The third-order valence-corrected chi connectivity index (χ3v) is 4.97. The Hall–Kier alpha value is -0.550. The average molecular weight is 361 g/mol. The first-order valence-electron chi connectivity index (χ1n) is 8.05. The molecule has 0 spiro atoms. The highest BCUT2D eigenvalue weighted by Gasteiger charge is 2.43. The minimum Gasteiger partial charge on any atom is -0.363 e. The fourth-order valence-electron chi connectivity index (χ4n) is 3.59. The highest BCUT2D eigenvalue weighted by atomic mass is 35.5. The summed E-state index contributed by atoms with van der Waals surface area (Å²) in [5.74, 6) is 2.88. The number of hydrogen-bond acceptors (Lipinski definition) is 4. The van der Waals surface area contributed by atoms with Crippen molar-refractivity contribution in [2.45, 2.75) is 25.4 Å². The van der Waals surface area contributed by atoms with Crippen LogP contribution in [0.1, 0.15) is 18.4 Å². The average Bonchev–Trinajstić information content (AvgIpc) is 3.20. The summed E-state index contributed by atoms with van der Waals surface area (Å²) in [6.45, 7) is 3.49. The number of aromatic nitrogens is 1. The molecule has 2 atom stereocenters. The van der Waals surface area contributed by atoms with Gasteiger partial charge in [-0.3, -0.25) is 4.90 Å². The Balaban J connectivity index is 0.00000132. The molecule has 23 heavy (non-hydrogen) atoms. The SMILES string of the molecule is CN(C)c1ccc(CN2C[C@H](C3CC3)[C@@H](N(C)C)C2)cn1.Cl.Cl. The zero-order chi connectivity index (χ0) is 15.0. The summed E-state index contributed by atoms with van der Waals surface area (Å²) in [5.41, 5.74) is 1.33. The largest absolute Gasteiger partial charge is 0.363 e. The molecule has 2 heterocycles. The minimum absolute atomic E-state index is 0. The Labute approximate surface area is 153 Å². The van der Waals surface area contributed by atoms with Crippen molar-refractivity contribution in [3.8, 4) is 0 Å². The van der Waals surface area contributed by atoms with Crippen LogP contribution < -0.4 is 4.90 Å². The number of nitrogens with zero attached hydrogens (tertiary/aromatic N) is 4. The molecule has 132 valence electrons. The summed E-state index contributed by atoms with van der Waals surface area (Å²) in [7, 11) is 8.53. The molecule has 1 aliphatic heterocycles. The second-order valence-corrected chi connectivity index (χ2v) is 7.15. The molecule has 0 bridgehead atoms. The highest BCUT2D eigenvalue weighted by Crippen LogP contribution is 2.42. The first kappa shape index (κ1) is 20.5. The maximum absolute atomic E-state index is 4.53. The fraction of sp³-hybridized carbons (Fsp3) is 0.706. The van der Waals surface area contributed by atoms with E-state index in [1.807, 2.05) is 25.2 Å². The zero-order valence-electron chi connectivity index (χ0n) is 14.6. The van der Waals surface area contributed by atoms with E-state index in [2.05, 4.69) is 41.0 Å². The fourth-order valence-corrected chi connectivity index (χ4v) is 3.59. The summed E-state index contributed by atoms with van der Waals surface area (Å²) in [6, 6.07) is 5.07. The number of likely N-dealkylation sites (N-methyl/N-ethyl adjacent to an activating group) is 1. The van der Waals surface area contributed by atoms with Gasteiger partial charge in [0.15, 0.2) is 0 Å². The number of likely N-dealkylation sites (tertiary alicyclic amines) is 1. The molecule has 6 heteroatoms. The maximum Gasteiger partial charge on any atom is 0.127 e. The van der Waals surface area contributed by atoms with Gasteiger partial charge in [-0.25, -0.2) is 4.98 Å². The van der Waals surface area contributed by atoms with E-state index in [9.17, 15) is 0 Å². The molecule has 4 nitrogen and oxygen atoms in total. The second-order valence-electron chi connectivity index (χ2n) is 7.15.